The van der Waals surface area contributed by atoms with Crippen molar-refractivity contribution < 1.29 is 8.42 Å². The maximum Gasteiger partial charge on any atom is 0.275 e. The van der Waals surface area contributed by atoms with E-state index in [-0.39, 0.29) is 18.0 Å². The van der Waals surface area contributed by atoms with Crippen molar-refractivity contribution in [3.8, 4) is 0 Å². The Morgan fingerprint density at radius 2 is 2.04 bits per heavy atom. The van der Waals surface area contributed by atoms with Gasteiger partial charge in [0.2, 0.25) is 10.0 Å². The predicted molar refractivity (Wildman–Crippen MR) is 92.3 cm³/mol. The third kappa shape index (κ3) is 3.49. The summed E-state index contributed by atoms with van der Waals surface area (Å²) < 4.78 is 26.3. The molecule has 23 heavy (non-hydrogen) atoms. The van der Waals surface area contributed by atoms with Crippen LogP contribution in [0.2, 0.25) is 0 Å². The fraction of sp³-hybridized carbons (Fsp3) is 0.429. The number of sulfonamides is 1. The second-order valence-corrected chi connectivity index (χ2v) is 7.36. The molecule has 126 valence electrons. The number of nitrogens with one attached hydrogen (secondary N) is 2. The summed E-state index contributed by atoms with van der Waals surface area (Å²) in [6.07, 6.45) is 3.55. The van der Waals surface area contributed by atoms with E-state index in [1.54, 1.807) is 0 Å². The first kappa shape index (κ1) is 17.7. The third-order valence-corrected chi connectivity index (χ3v) is 4.44. The number of nitrogens with zero attached hydrogens (tertiary/aromatic N) is 2. The van der Waals surface area contributed by atoms with Crippen LogP contribution in [0, 0.1) is 6.92 Å². The first-order valence-corrected chi connectivity index (χ1v) is 9.03. The van der Waals surface area contributed by atoms with Gasteiger partial charge in [0, 0.05) is 6.54 Å². The van der Waals surface area contributed by atoms with E-state index < -0.39 is 10.0 Å². The Morgan fingerprint density at radius 1 is 1.30 bits per heavy atom. The SMILES string of the molecule is Cc1nc2c(CCCCNS(C)(=O)=O)ccc3[nH]c(=O)c1n32.Cl. The molecule has 0 aromatic carbocycles. The fourth-order valence-corrected chi connectivity index (χ4v) is 3.26. The predicted octanol–water partition coefficient (Wildman–Crippen LogP) is 1.22. The van der Waals surface area contributed by atoms with E-state index in [2.05, 4.69) is 14.7 Å². The fourth-order valence-electron chi connectivity index (χ4n) is 2.74. The zero-order chi connectivity index (χ0) is 15.9. The topological polar surface area (TPSA) is 96.3 Å². The molecule has 0 aliphatic rings. The highest BCUT2D eigenvalue weighted by Crippen LogP contribution is 2.20. The number of aromatic amines is 1. The van der Waals surface area contributed by atoms with Crippen LogP contribution < -0.4 is 10.3 Å². The Labute approximate surface area is 139 Å². The molecule has 3 aromatic rings. The van der Waals surface area contributed by atoms with Gasteiger partial charge in [0.1, 0.15) is 16.8 Å². The molecule has 0 aliphatic heterocycles. The summed E-state index contributed by atoms with van der Waals surface area (Å²) in [6.45, 7) is 2.27. The number of hydrogen-bond acceptors (Lipinski definition) is 4. The van der Waals surface area contributed by atoms with Gasteiger partial charge >= 0.3 is 0 Å². The second kappa shape index (κ2) is 6.46. The van der Waals surface area contributed by atoms with Crippen LogP contribution in [0.1, 0.15) is 24.1 Å². The number of H-pyrrole nitrogens is 1. The molecule has 9 heteroatoms. The average molecular weight is 359 g/mol. The monoisotopic (exact) mass is 358 g/mol. The second-order valence-electron chi connectivity index (χ2n) is 5.53. The van der Waals surface area contributed by atoms with E-state index in [9.17, 15) is 13.2 Å². The van der Waals surface area contributed by atoms with Gasteiger partial charge in [-0.1, -0.05) is 6.07 Å². The Balaban J connectivity index is 0.00000192. The Kier molecular flexibility index (Phi) is 4.98. The molecule has 3 heterocycles. The Bertz CT molecular complexity index is 977. The summed E-state index contributed by atoms with van der Waals surface area (Å²) in [5.74, 6) is 0. The van der Waals surface area contributed by atoms with Crippen LogP contribution in [-0.2, 0) is 16.4 Å². The number of imidazole rings is 2. The van der Waals surface area contributed by atoms with E-state index in [1.165, 1.54) is 0 Å². The van der Waals surface area contributed by atoms with Crippen molar-refractivity contribution in [3.63, 3.8) is 0 Å². The lowest BCUT2D eigenvalue weighted by atomic mass is 10.1. The number of halogens is 1. The van der Waals surface area contributed by atoms with Crippen LogP contribution in [-0.4, -0.2) is 35.6 Å². The summed E-state index contributed by atoms with van der Waals surface area (Å²) >= 11 is 0. The standard InChI is InChI=1S/C14H18N4O3S.ClH/c1-9-12-14(19)17-11-7-6-10(13(16-9)18(11)12)5-3-4-8-15-22(2,20)21;/h6-7,15H,3-5,8H2,1-2H3,(H,17,19);1H. The number of unbranched alkanes of at least 4 members (excludes halogenated alkanes) is 1. The van der Waals surface area contributed by atoms with Crippen molar-refractivity contribution in [2.45, 2.75) is 26.2 Å². The summed E-state index contributed by atoms with van der Waals surface area (Å²) in [6, 6.07) is 3.85. The van der Waals surface area contributed by atoms with E-state index in [0.717, 1.165) is 48.1 Å². The zero-order valence-electron chi connectivity index (χ0n) is 12.9. The number of pyridine rings is 1. The highest BCUT2D eigenvalue weighted by Gasteiger charge is 2.15. The van der Waals surface area contributed by atoms with E-state index in [1.807, 2.05) is 23.5 Å². The van der Waals surface area contributed by atoms with Crippen molar-refractivity contribution in [2.75, 3.05) is 12.8 Å². The zero-order valence-corrected chi connectivity index (χ0v) is 14.6. The van der Waals surface area contributed by atoms with Crippen molar-refractivity contribution >= 4 is 39.2 Å². The molecule has 0 saturated carbocycles. The summed E-state index contributed by atoms with van der Waals surface area (Å²) in [5.41, 5.74) is 3.83. The van der Waals surface area contributed by atoms with Gasteiger partial charge in [-0.3, -0.25) is 9.20 Å². The minimum Gasteiger partial charge on any atom is -0.306 e. The summed E-state index contributed by atoms with van der Waals surface area (Å²) in [5, 5.41) is 0. The number of aryl methyl sites for hydroxylation is 2. The van der Waals surface area contributed by atoms with Gasteiger partial charge in [-0.05, 0) is 37.8 Å². The molecule has 0 saturated heterocycles. The summed E-state index contributed by atoms with van der Waals surface area (Å²) in [7, 11) is -3.12. The molecule has 0 aliphatic carbocycles. The van der Waals surface area contributed by atoms with Gasteiger partial charge < -0.3 is 4.98 Å². The Morgan fingerprint density at radius 3 is 2.74 bits per heavy atom. The molecule has 0 fully saturated rings. The third-order valence-electron chi connectivity index (χ3n) is 3.72. The van der Waals surface area contributed by atoms with Gasteiger partial charge in [-0.25, -0.2) is 18.1 Å². The van der Waals surface area contributed by atoms with Gasteiger partial charge in [0.05, 0.1) is 11.9 Å². The van der Waals surface area contributed by atoms with Crippen molar-refractivity contribution in [1.29, 1.82) is 0 Å². The van der Waals surface area contributed by atoms with Crippen LogP contribution in [0.5, 0.6) is 0 Å². The van der Waals surface area contributed by atoms with Gasteiger partial charge in [-0.15, -0.1) is 12.4 Å². The lowest BCUT2D eigenvalue weighted by Gasteiger charge is -2.05. The maximum absolute atomic E-state index is 11.9. The minimum absolute atomic E-state index is 0. The molecule has 0 unspecified atom stereocenters. The van der Waals surface area contributed by atoms with Gasteiger partial charge in [0.15, 0.2) is 0 Å². The first-order chi connectivity index (χ1) is 10.4. The smallest absolute Gasteiger partial charge is 0.275 e. The first-order valence-electron chi connectivity index (χ1n) is 7.14. The van der Waals surface area contributed by atoms with Crippen molar-refractivity contribution in [1.82, 2.24) is 19.1 Å². The maximum atomic E-state index is 11.9. The number of rotatable bonds is 6. The molecule has 0 radical (unpaired) electrons. The van der Waals surface area contributed by atoms with E-state index in [4.69, 9.17) is 0 Å². The summed E-state index contributed by atoms with van der Waals surface area (Å²) in [4.78, 5) is 19.2. The minimum atomic E-state index is -3.12. The molecule has 0 spiro atoms. The van der Waals surface area contributed by atoms with Crippen LogP contribution in [0.25, 0.3) is 16.8 Å². The van der Waals surface area contributed by atoms with E-state index >= 15 is 0 Å². The lowest BCUT2D eigenvalue weighted by molar-refractivity contribution is 0.583. The molecular weight excluding hydrogens is 340 g/mol. The number of aromatic nitrogens is 3. The molecule has 3 aromatic heterocycles. The van der Waals surface area contributed by atoms with Crippen LogP contribution in [0.15, 0.2) is 16.9 Å². The van der Waals surface area contributed by atoms with Crippen molar-refractivity contribution in [2.24, 2.45) is 0 Å². The quantitative estimate of drug-likeness (QED) is 0.647. The molecule has 3 rings (SSSR count). The van der Waals surface area contributed by atoms with Crippen LogP contribution in [0.3, 0.4) is 0 Å². The van der Waals surface area contributed by atoms with Crippen LogP contribution >= 0.6 is 12.4 Å². The largest absolute Gasteiger partial charge is 0.306 e. The molecule has 0 atom stereocenters. The van der Waals surface area contributed by atoms with Crippen LogP contribution in [0.4, 0.5) is 0 Å². The van der Waals surface area contributed by atoms with E-state index in [0.29, 0.717) is 12.1 Å². The molecule has 0 amide bonds. The lowest BCUT2D eigenvalue weighted by Crippen LogP contribution is -2.22. The number of hydrogen-bond donors (Lipinski definition) is 2. The Hall–Kier alpha value is -1.64. The van der Waals surface area contributed by atoms with Gasteiger partial charge in [-0.2, -0.15) is 0 Å². The molecule has 7 nitrogen and oxygen atoms in total. The molecule has 2 N–H and O–H groups in total. The van der Waals surface area contributed by atoms with Crippen molar-refractivity contribution in [3.05, 3.63) is 33.7 Å². The highest BCUT2D eigenvalue weighted by atomic mass is 35.5. The average Bonchev–Trinajstić information content (AvgIpc) is 2.93. The van der Waals surface area contributed by atoms with Gasteiger partial charge in [0.25, 0.3) is 5.56 Å². The molecule has 0 bridgehead atoms. The molecular formula is C14H19ClN4O3S. The normalized spacial score (nSPS) is 12.1. The highest BCUT2D eigenvalue weighted by molar-refractivity contribution is 7.88.